The Bertz CT molecular complexity index is 294. The number of morpholine rings is 1. The summed E-state index contributed by atoms with van der Waals surface area (Å²) in [5.74, 6) is 1.18. The van der Waals surface area contributed by atoms with Crippen molar-refractivity contribution in [3.8, 4) is 0 Å². The van der Waals surface area contributed by atoms with Gasteiger partial charge in [0.1, 0.15) is 5.82 Å². The van der Waals surface area contributed by atoms with Gasteiger partial charge in [0.15, 0.2) is 0 Å². The Hall–Kier alpha value is -0.300. The third-order valence-electron chi connectivity index (χ3n) is 2.11. The molecule has 1 aromatic rings. The van der Waals surface area contributed by atoms with Crippen molar-refractivity contribution in [1.29, 1.82) is 0 Å². The molecule has 0 amide bonds. The second-order valence-corrected chi connectivity index (χ2v) is 4.02. The fourth-order valence-corrected chi connectivity index (χ4v) is 2.24. The standard InChI is InChI=1S/C8H12IN3O/c1-7-6-8(12(9)10-7)11-2-4-13-5-3-11/h6H,2-5H2,1H3. The van der Waals surface area contributed by atoms with Crippen LogP contribution in [0.4, 0.5) is 5.82 Å². The van der Waals surface area contributed by atoms with Gasteiger partial charge in [0.2, 0.25) is 0 Å². The van der Waals surface area contributed by atoms with Crippen molar-refractivity contribution in [2.45, 2.75) is 6.92 Å². The largest absolute Gasteiger partial charge is 0.378 e. The van der Waals surface area contributed by atoms with Crippen LogP contribution >= 0.6 is 22.9 Å². The average molecular weight is 293 g/mol. The highest BCUT2D eigenvalue weighted by Gasteiger charge is 2.15. The van der Waals surface area contributed by atoms with Crippen LogP contribution in [0.2, 0.25) is 0 Å². The van der Waals surface area contributed by atoms with E-state index in [1.54, 1.807) is 0 Å². The fourth-order valence-electron chi connectivity index (χ4n) is 1.46. The topological polar surface area (TPSA) is 30.3 Å². The summed E-state index contributed by atoms with van der Waals surface area (Å²) in [5, 5.41) is 4.31. The highest BCUT2D eigenvalue weighted by Crippen LogP contribution is 2.19. The number of rotatable bonds is 1. The maximum Gasteiger partial charge on any atom is 0.138 e. The number of hydrogen-bond acceptors (Lipinski definition) is 3. The number of nitrogens with zero attached hydrogens (tertiary/aromatic N) is 3. The first-order valence-electron chi connectivity index (χ1n) is 4.33. The van der Waals surface area contributed by atoms with Crippen LogP contribution in [0, 0.1) is 6.92 Å². The normalized spacial score (nSPS) is 17.8. The summed E-state index contributed by atoms with van der Waals surface area (Å²) in [7, 11) is 0. The van der Waals surface area contributed by atoms with Gasteiger partial charge in [0.25, 0.3) is 0 Å². The molecule has 72 valence electrons. The Kier molecular flexibility index (Phi) is 2.73. The first-order chi connectivity index (χ1) is 6.27. The number of aromatic nitrogens is 2. The summed E-state index contributed by atoms with van der Waals surface area (Å²) >= 11 is 2.21. The highest BCUT2D eigenvalue weighted by molar-refractivity contribution is 14.1. The van der Waals surface area contributed by atoms with Crippen LogP contribution in [0.3, 0.4) is 0 Å². The molecule has 0 radical (unpaired) electrons. The molecule has 0 aromatic carbocycles. The zero-order chi connectivity index (χ0) is 9.26. The smallest absolute Gasteiger partial charge is 0.138 e. The molecule has 0 saturated carbocycles. The summed E-state index contributed by atoms with van der Waals surface area (Å²) in [6, 6.07) is 2.11. The molecule has 0 N–H and O–H groups in total. The number of hydrogen-bond donors (Lipinski definition) is 0. The van der Waals surface area contributed by atoms with E-state index < -0.39 is 0 Å². The van der Waals surface area contributed by atoms with Crippen molar-refractivity contribution in [3.05, 3.63) is 11.8 Å². The van der Waals surface area contributed by atoms with Crippen LogP contribution in [0.15, 0.2) is 6.07 Å². The quantitative estimate of drug-likeness (QED) is 0.730. The number of aryl methyl sites for hydroxylation is 1. The predicted molar refractivity (Wildman–Crippen MR) is 59.4 cm³/mol. The molecule has 4 nitrogen and oxygen atoms in total. The van der Waals surface area contributed by atoms with Crippen LogP contribution in [0.5, 0.6) is 0 Å². The third kappa shape index (κ3) is 1.96. The van der Waals surface area contributed by atoms with Gasteiger partial charge in [-0.2, -0.15) is 7.99 Å². The molecule has 0 bridgehead atoms. The molecule has 2 rings (SSSR count). The van der Waals surface area contributed by atoms with Crippen molar-refractivity contribution < 1.29 is 4.74 Å². The van der Waals surface area contributed by atoms with E-state index >= 15 is 0 Å². The van der Waals surface area contributed by atoms with E-state index in [9.17, 15) is 0 Å². The second-order valence-electron chi connectivity index (χ2n) is 3.10. The molecule has 0 atom stereocenters. The van der Waals surface area contributed by atoms with Crippen molar-refractivity contribution in [3.63, 3.8) is 0 Å². The Morgan fingerprint density at radius 3 is 2.69 bits per heavy atom. The van der Waals surface area contributed by atoms with Gasteiger partial charge in [-0.25, -0.2) is 0 Å². The highest BCUT2D eigenvalue weighted by atomic mass is 127. The van der Waals surface area contributed by atoms with Gasteiger partial charge in [-0.15, -0.1) is 0 Å². The van der Waals surface area contributed by atoms with Gasteiger partial charge in [-0.3, -0.25) is 0 Å². The van der Waals surface area contributed by atoms with Crippen molar-refractivity contribution >= 4 is 28.7 Å². The summed E-state index contributed by atoms with van der Waals surface area (Å²) in [6.45, 7) is 5.59. The summed E-state index contributed by atoms with van der Waals surface area (Å²) in [5.41, 5.74) is 1.07. The van der Waals surface area contributed by atoms with E-state index in [1.807, 2.05) is 9.82 Å². The minimum absolute atomic E-state index is 0.820. The van der Waals surface area contributed by atoms with Crippen LogP contribution in [-0.2, 0) is 4.74 Å². The Morgan fingerprint density at radius 2 is 2.15 bits per heavy atom. The Morgan fingerprint density at radius 1 is 1.46 bits per heavy atom. The first-order valence-corrected chi connectivity index (χ1v) is 5.29. The Labute approximate surface area is 91.3 Å². The lowest BCUT2D eigenvalue weighted by Gasteiger charge is -2.27. The molecular weight excluding hydrogens is 281 g/mol. The summed E-state index contributed by atoms with van der Waals surface area (Å²) in [4.78, 5) is 2.30. The first kappa shape index (κ1) is 9.26. The molecule has 1 aliphatic heterocycles. The maximum absolute atomic E-state index is 5.29. The molecule has 0 spiro atoms. The predicted octanol–water partition coefficient (Wildman–Crippen LogP) is 1.23. The Balaban J connectivity index is 2.18. The molecule has 1 aromatic heterocycles. The average Bonchev–Trinajstić information content (AvgIpc) is 2.47. The van der Waals surface area contributed by atoms with Crippen LogP contribution in [-0.4, -0.2) is 34.3 Å². The molecule has 1 saturated heterocycles. The minimum Gasteiger partial charge on any atom is -0.378 e. The third-order valence-corrected chi connectivity index (χ3v) is 2.82. The van der Waals surface area contributed by atoms with Gasteiger partial charge >= 0.3 is 0 Å². The van der Waals surface area contributed by atoms with E-state index in [2.05, 4.69) is 38.9 Å². The summed E-state index contributed by atoms with van der Waals surface area (Å²) < 4.78 is 7.20. The van der Waals surface area contributed by atoms with Crippen molar-refractivity contribution in [1.82, 2.24) is 7.99 Å². The summed E-state index contributed by atoms with van der Waals surface area (Å²) in [6.07, 6.45) is 0. The molecule has 0 unspecified atom stereocenters. The number of anilines is 1. The van der Waals surface area contributed by atoms with Crippen LogP contribution in [0.25, 0.3) is 0 Å². The second kappa shape index (κ2) is 3.83. The lowest BCUT2D eigenvalue weighted by Crippen LogP contribution is -2.36. The number of ether oxygens (including phenoxy) is 1. The minimum atomic E-state index is 0.820. The van der Waals surface area contributed by atoms with E-state index in [0.717, 1.165) is 32.0 Å². The number of halogens is 1. The van der Waals surface area contributed by atoms with Crippen molar-refractivity contribution in [2.24, 2.45) is 0 Å². The van der Waals surface area contributed by atoms with E-state index in [1.165, 1.54) is 5.82 Å². The van der Waals surface area contributed by atoms with Gasteiger partial charge < -0.3 is 9.64 Å². The van der Waals surface area contributed by atoms with E-state index in [-0.39, 0.29) is 0 Å². The molecule has 5 heteroatoms. The molecule has 2 heterocycles. The molecule has 0 aliphatic carbocycles. The SMILES string of the molecule is Cc1cc(N2CCOCC2)n(I)n1. The van der Waals surface area contributed by atoms with Crippen molar-refractivity contribution in [2.75, 3.05) is 31.2 Å². The van der Waals surface area contributed by atoms with Gasteiger partial charge in [0.05, 0.1) is 41.8 Å². The van der Waals surface area contributed by atoms with Crippen LogP contribution in [0.1, 0.15) is 5.69 Å². The maximum atomic E-state index is 5.29. The van der Waals surface area contributed by atoms with Gasteiger partial charge in [-0.1, -0.05) is 0 Å². The molecular formula is C8H12IN3O. The van der Waals surface area contributed by atoms with E-state index in [0.29, 0.717) is 0 Å². The molecule has 13 heavy (non-hydrogen) atoms. The lowest BCUT2D eigenvalue weighted by atomic mass is 10.4. The fraction of sp³-hybridized carbons (Fsp3) is 0.625. The zero-order valence-electron chi connectivity index (χ0n) is 7.53. The van der Waals surface area contributed by atoms with Gasteiger partial charge in [0, 0.05) is 19.2 Å². The molecule has 1 fully saturated rings. The van der Waals surface area contributed by atoms with Crippen LogP contribution < -0.4 is 4.90 Å². The monoisotopic (exact) mass is 293 g/mol. The lowest BCUT2D eigenvalue weighted by molar-refractivity contribution is 0.122. The molecule has 1 aliphatic rings. The zero-order valence-corrected chi connectivity index (χ0v) is 9.69. The van der Waals surface area contributed by atoms with E-state index in [4.69, 9.17) is 4.74 Å². The van der Waals surface area contributed by atoms with Gasteiger partial charge in [-0.05, 0) is 6.92 Å².